The van der Waals surface area contributed by atoms with Gasteiger partial charge < -0.3 is 10.4 Å². The van der Waals surface area contributed by atoms with E-state index in [1.165, 1.54) is 6.92 Å². The van der Waals surface area contributed by atoms with E-state index in [0.717, 1.165) is 11.8 Å². The minimum atomic E-state index is -0.978. The Hall–Kier alpha value is -1.04. The highest BCUT2D eigenvalue weighted by molar-refractivity contribution is 8.13. The molecule has 0 saturated heterocycles. The van der Waals surface area contributed by atoms with Gasteiger partial charge in [-0.2, -0.15) is 0 Å². The van der Waals surface area contributed by atoms with Crippen LogP contribution in [0.4, 0.5) is 0 Å². The Labute approximate surface area is 86.2 Å². The molecule has 1 unspecified atom stereocenters. The van der Waals surface area contributed by atoms with E-state index in [-0.39, 0.29) is 23.9 Å². The number of aliphatic carboxylic acids is 1. The Bertz CT molecular complexity index is 241. The molecule has 1 amide bonds. The van der Waals surface area contributed by atoms with Gasteiger partial charge in [0.05, 0.1) is 6.04 Å². The highest BCUT2D eigenvalue weighted by atomic mass is 32.2. The van der Waals surface area contributed by atoms with Gasteiger partial charge in [-0.15, -0.1) is 0 Å². The molecule has 0 fully saturated rings. The molecule has 0 aromatic heterocycles. The number of rotatable bonds is 5. The summed E-state index contributed by atoms with van der Waals surface area (Å²) < 4.78 is 0. The lowest BCUT2D eigenvalue weighted by molar-refractivity contribution is -0.137. The van der Waals surface area contributed by atoms with E-state index < -0.39 is 12.0 Å². The summed E-state index contributed by atoms with van der Waals surface area (Å²) >= 11 is 0.980. The second-order valence-corrected chi connectivity index (χ2v) is 3.52. The van der Waals surface area contributed by atoms with E-state index in [2.05, 4.69) is 5.32 Å². The van der Waals surface area contributed by atoms with Crippen molar-refractivity contribution in [2.75, 3.05) is 6.26 Å². The minimum absolute atomic E-state index is 0.128. The lowest BCUT2D eigenvalue weighted by Crippen LogP contribution is -2.38. The highest BCUT2D eigenvalue weighted by Gasteiger charge is 2.19. The van der Waals surface area contributed by atoms with Crippen molar-refractivity contribution in [3.63, 3.8) is 0 Å². The van der Waals surface area contributed by atoms with Gasteiger partial charge in [0.25, 0.3) is 0 Å². The number of hydrogen-bond acceptors (Lipinski definition) is 4. The third-order valence-electron chi connectivity index (χ3n) is 1.51. The number of thioether (sulfide) groups is 1. The highest BCUT2D eigenvalue weighted by Crippen LogP contribution is 2.06. The first kappa shape index (κ1) is 13.0. The van der Waals surface area contributed by atoms with Crippen LogP contribution in [0, 0.1) is 0 Å². The fraction of sp³-hybridized carbons (Fsp3) is 0.625. The van der Waals surface area contributed by atoms with Crippen LogP contribution in [-0.4, -0.2) is 34.4 Å². The molecule has 0 spiro atoms. The van der Waals surface area contributed by atoms with E-state index >= 15 is 0 Å². The molecule has 0 aliphatic heterocycles. The van der Waals surface area contributed by atoms with E-state index in [1.54, 1.807) is 6.26 Å². The van der Waals surface area contributed by atoms with E-state index in [0.29, 0.717) is 0 Å². The quantitative estimate of drug-likeness (QED) is 0.692. The van der Waals surface area contributed by atoms with Crippen molar-refractivity contribution >= 4 is 28.8 Å². The van der Waals surface area contributed by atoms with Gasteiger partial charge >= 0.3 is 5.97 Å². The van der Waals surface area contributed by atoms with E-state index in [9.17, 15) is 14.4 Å². The number of carbonyl (C=O) groups is 3. The molecule has 1 atom stereocenters. The predicted molar refractivity (Wildman–Crippen MR) is 53.0 cm³/mol. The summed E-state index contributed by atoms with van der Waals surface area (Å²) in [5, 5.41) is 10.6. The first-order valence-electron chi connectivity index (χ1n) is 4.04. The third-order valence-corrected chi connectivity index (χ3v) is 2.20. The van der Waals surface area contributed by atoms with Gasteiger partial charge in [0.15, 0.2) is 0 Å². The van der Waals surface area contributed by atoms with Crippen molar-refractivity contribution in [2.24, 2.45) is 0 Å². The van der Waals surface area contributed by atoms with E-state index in [4.69, 9.17) is 5.11 Å². The topological polar surface area (TPSA) is 83.5 Å². The fourth-order valence-electron chi connectivity index (χ4n) is 0.904. The first-order chi connectivity index (χ1) is 6.47. The SMILES string of the molecule is CSC(=O)C(CCC(=O)O)NC(C)=O. The molecule has 0 rings (SSSR count). The molecule has 0 radical (unpaired) electrons. The van der Waals surface area contributed by atoms with Gasteiger partial charge in [-0.3, -0.25) is 14.4 Å². The van der Waals surface area contributed by atoms with Gasteiger partial charge in [-0.25, -0.2) is 0 Å². The number of carboxylic acid groups (broad SMARTS) is 1. The van der Waals surface area contributed by atoms with Crippen LogP contribution >= 0.6 is 11.8 Å². The van der Waals surface area contributed by atoms with Crippen LogP contribution in [-0.2, 0) is 14.4 Å². The zero-order chi connectivity index (χ0) is 11.1. The smallest absolute Gasteiger partial charge is 0.303 e. The monoisotopic (exact) mass is 219 g/mol. The van der Waals surface area contributed by atoms with Gasteiger partial charge in [0.1, 0.15) is 0 Å². The summed E-state index contributed by atoms with van der Waals surface area (Å²) in [6.45, 7) is 1.29. The molecular formula is C8H13NO4S. The molecule has 80 valence electrons. The lowest BCUT2D eigenvalue weighted by atomic mass is 10.2. The molecule has 14 heavy (non-hydrogen) atoms. The average Bonchev–Trinajstić information content (AvgIpc) is 2.10. The summed E-state index contributed by atoms with van der Waals surface area (Å²) in [6, 6.07) is -0.696. The van der Waals surface area contributed by atoms with Crippen molar-refractivity contribution in [1.82, 2.24) is 5.32 Å². The van der Waals surface area contributed by atoms with Crippen LogP contribution in [0.15, 0.2) is 0 Å². The summed E-state index contributed by atoms with van der Waals surface area (Å²) in [5.41, 5.74) is 0. The maximum Gasteiger partial charge on any atom is 0.303 e. The molecule has 0 aliphatic carbocycles. The third kappa shape index (κ3) is 5.58. The van der Waals surface area contributed by atoms with E-state index in [1.807, 2.05) is 0 Å². The summed E-state index contributed by atoms with van der Waals surface area (Å²) in [6.07, 6.45) is 1.60. The van der Waals surface area contributed by atoms with Crippen molar-refractivity contribution < 1.29 is 19.5 Å². The van der Waals surface area contributed by atoms with Crippen molar-refractivity contribution in [1.29, 1.82) is 0 Å². The molecule has 0 aromatic carbocycles. The van der Waals surface area contributed by atoms with Crippen LogP contribution in [0.2, 0.25) is 0 Å². The molecule has 0 aliphatic rings. The Kier molecular flexibility index (Phi) is 5.94. The normalized spacial score (nSPS) is 11.9. The molecule has 5 nitrogen and oxygen atoms in total. The Balaban J connectivity index is 4.17. The van der Waals surface area contributed by atoms with Gasteiger partial charge in [-0.05, 0) is 12.7 Å². The van der Waals surface area contributed by atoms with Gasteiger partial charge in [-0.1, -0.05) is 11.8 Å². The number of carbonyl (C=O) groups excluding carboxylic acids is 2. The predicted octanol–water partition coefficient (Wildman–Crippen LogP) is 0.246. The van der Waals surface area contributed by atoms with Crippen molar-refractivity contribution in [3.05, 3.63) is 0 Å². The molecule has 0 heterocycles. The van der Waals surface area contributed by atoms with Gasteiger partial charge in [0.2, 0.25) is 11.0 Å². The standard InChI is InChI=1S/C8H13NO4S/c1-5(10)9-6(8(13)14-2)3-4-7(11)12/h6H,3-4H2,1-2H3,(H,9,10)(H,11,12). The molecule has 0 saturated carbocycles. The Morgan fingerprint density at radius 1 is 1.43 bits per heavy atom. The van der Waals surface area contributed by atoms with Crippen molar-refractivity contribution in [3.8, 4) is 0 Å². The average molecular weight is 219 g/mol. The fourth-order valence-corrected chi connectivity index (χ4v) is 1.37. The lowest BCUT2D eigenvalue weighted by Gasteiger charge is -2.13. The largest absolute Gasteiger partial charge is 0.481 e. The molecule has 0 aromatic rings. The van der Waals surface area contributed by atoms with Crippen LogP contribution in [0.1, 0.15) is 19.8 Å². The second-order valence-electron chi connectivity index (χ2n) is 2.71. The zero-order valence-electron chi connectivity index (χ0n) is 8.07. The molecule has 0 bridgehead atoms. The second kappa shape index (κ2) is 6.42. The van der Waals surface area contributed by atoms with Crippen LogP contribution in [0.25, 0.3) is 0 Å². The maximum atomic E-state index is 11.2. The van der Waals surface area contributed by atoms with Gasteiger partial charge in [0, 0.05) is 13.3 Å². The Morgan fingerprint density at radius 2 is 2.00 bits per heavy atom. The number of carboxylic acids is 1. The first-order valence-corrected chi connectivity index (χ1v) is 5.26. The Morgan fingerprint density at radius 3 is 2.36 bits per heavy atom. The summed E-state index contributed by atoms with van der Waals surface area (Å²) in [5.74, 6) is -1.31. The summed E-state index contributed by atoms with van der Waals surface area (Å²) in [7, 11) is 0. The molecule has 2 N–H and O–H groups in total. The number of hydrogen-bond donors (Lipinski definition) is 2. The zero-order valence-corrected chi connectivity index (χ0v) is 8.89. The van der Waals surface area contributed by atoms with Crippen LogP contribution in [0.3, 0.4) is 0 Å². The number of nitrogens with one attached hydrogen (secondary N) is 1. The summed E-state index contributed by atoms with van der Waals surface area (Å²) in [4.78, 5) is 32.2. The molecule has 6 heteroatoms. The maximum absolute atomic E-state index is 11.2. The molecular weight excluding hydrogens is 206 g/mol. The minimum Gasteiger partial charge on any atom is -0.481 e. The number of amides is 1. The van der Waals surface area contributed by atoms with Crippen LogP contribution < -0.4 is 5.32 Å². The van der Waals surface area contributed by atoms with Crippen LogP contribution in [0.5, 0.6) is 0 Å². The van der Waals surface area contributed by atoms with Crippen molar-refractivity contribution in [2.45, 2.75) is 25.8 Å².